The van der Waals surface area contributed by atoms with E-state index in [2.05, 4.69) is 15.2 Å². The molecule has 98 valence electrons. The van der Waals surface area contributed by atoms with Crippen LogP contribution < -0.4 is 4.90 Å². The first-order valence-electron chi connectivity index (χ1n) is 6.08. The first kappa shape index (κ1) is 11.7. The average molecular weight is 257 g/mol. The van der Waals surface area contributed by atoms with E-state index in [0.717, 1.165) is 28.5 Å². The molecule has 3 aromatic rings. The SMILES string of the molecule is Cc1cc2c(N(C)Cc3cc(C)on3)nccn2n1. The number of anilines is 1. The van der Waals surface area contributed by atoms with E-state index in [1.807, 2.05) is 48.6 Å². The first-order valence-corrected chi connectivity index (χ1v) is 6.08. The number of aromatic nitrogens is 4. The van der Waals surface area contributed by atoms with E-state index in [1.165, 1.54) is 0 Å². The van der Waals surface area contributed by atoms with Gasteiger partial charge in [0.1, 0.15) is 17.0 Å². The van der Waals surface area contributed by atoms with Crippen molar-refractivity contribution in [2.45, 2.75) is 20.4 Å². The van der Waals surface area contributed by atoms with E-state index in [4.69, 9.17) is 4.52 Å². The van der Waals surface area contributed by atoms with Crippen LogP contribution in [0.4, 0.5) is 5.82 Å². The summed E-state index contributed by atoms with van der Waals surface area (Å²) >= 11 is 0. The summed E-state index contributed by atoms with van der Waals surface area (Å²) in [6, 6.07) is 3.95. The standard InChI is InChI=1S/C13H15N5O/c1-9-6-12-13(14-4-5-18(12)15-9)17(3)8-11-7-10(2)19-16-11/h4-7H,8H2,1-3H3. The van der Waals surface area contributed by atoms with Crippen LogP contribution in [0, 0.1) is 13.8 Å². The van der Waals surface area contributed by atoms with E-state index >= 15 is 0 Å². The quantitative estimate of drug-likeness (QED) is 0.718. The predicted molar refractivity (Wildman–Crippen MR) is 71.1 cm³/mol. The summed E-state index contributed by atoms with van der Waals surface area (Å²) in [6.07, 6.45) is 3.60. The molecule has 0 aromatic carbocycles. The van der Waals surface area contributed by atoms with Gasteiger partial charge in [0.25, 0.3) is 0 Å². The van der Waals surface area contributed by atoms with Gasteiger partial charge in [0.05, 0.1) is 12.2 Å². The molecule has 6 heteroatoms. The molecule has 0 N–H and O–H groups in total. The Kier molecular flexibility index (Phi) is 2.70. The Balaban J connectivity index is 1.94. The van der Waals surface area contributed by atoms with Crippen molar-refractivity contribution in [2.24, 2.45) is 0 Å². The van der Waals surface area contributed by atoms with Crippen LogP contribution in [0.1, 0.15) is 17.1 Å². The molecule has 3 aromatic heterocycles. The van der Waals surface area contributed by atoms with Crippen LogP contribution in [0.15, 0.2) is 29.0 Å². The molecular formula is C13H15N5O. The number of rotatable bonds is 3. The zero-order valence-electron chi connectivity index (χ0n) is 11.2. The highest BCUT2D eigenvalue weighted by Crippen LogP contribution is 2.19. The van der Waals surface area contributed by atoms with Crippen molar-refractivity contribution in [1.29, 1.82) is 0 Å². The molecule has 3 heterocycles. The molecule has 19 heavy (non-hydrogen) atoms. The predicted octanol–water partition coefficient (Wildman–Crippen LogP) is 1.97. The Morgan fingerprint density at radius 3 is 2.89 bits per heavy atom. The van der Waals surface area contributed by atoms with Gasteiger partial charge in [-0.05, 0) is 19.9 Å². The van der Waals surface area contributed by atoms with Crippen molar-refractivity contribution in [2.75, 3.05) is 11.9 Å². The molecule has 0 fully saturated rings. The summed E-state index contributed by atoms with van der Waals surface area (Å²) in [5.74, 6) is 1.69. The molecule has 0 bridgehead atoms. The lowest BCUT2D eigenvalue weighted by Gasteiger charge is -2.17. The third kappa shape index (κ3) is 2.16. The minimum Gasteiger partial charge on any atom is -0.361 e. The van der Waals surface area contributed by atoms with Gasteiger partial charge in [-0.3, -0.25) is 0 Å². The molecule has 0 aliphatic rings. The van der Waals surface area contributed by atoms with Crippen LogP contribution >= 0.6 is 0 Å². The molecule has 0 aliphatic heterocycles. The van der Waals surface area contributed by atoms with Gasteiger partial charge in [-0.2, -0.15) is 5.10 Å². The maximum absolute atomic E-state index is 5.08. The molecule has 0 atom stereocenters. The Morgan fingerprint density at radius 1 is 1.32 bits per heavy atom. The third-order valence-corrected chi connectivity index (χ3v) is 2.93. The van der Waals surface area contributed by atoms with Gasteiger partial charge in [-0.25, -0.2) is 9.50 Å². The first-order chi connectivity index (χ1) is 9.13. The molecule has 0 spiro atoms. The smallest absolute Gasteiger partial charge is 0.154 e. The summed E-state index contributed by atoms with van der Waals surface area (Å²) in [5, 5.41) is 8.38. The van der Waals surface area contributed by atoms with Crippen LogP contribution in [-0.2, 0) is 6.54 Å². The van der Waals surface area contributed by atoms with Gasteiger partial charge in [0.15, 0.2) is 5.82 Å². The van der Waals surface area contributed by atoms with Gasteiger partial charge in [-0.15, -0.1) is 0 Å². The van der Waals surface area contributed by atoms with Crippen molar-refractivity contribution >= 4 is 11.3 Å². The van der Waals surface area contributed by atoms with E-state index in [0.29, 0.717) is 6.54 Å². The van der Waals surface area contributed by atoms with E-state index in [1.54, 1.807) is 6.20 Å². The van der Waals surface area contributed by atoms with Gasteiger partial charge in [-0.1, -0.05) is 5.16 Å². The van der Waals surface area contributed by atoms with E-state index in [9.17, 15) is 0 Å². The fraction of sp³-hybridized carbons (Fsp3) is 0.308. The second-order valence-corrected chi connectivity index (χ2v) is 4.65. The summed E-state index contributed by atoms with van der Waals surface area (Å²) in [5.41, 5.74) is 2.85. The topological polar surface area (TPSA) is 59.5 Å². The van der Waals surface area contributed by atoms with Crippen LogP contribution in [0.5, 0.6) is 0 Å². The maximum atomic E-state index is 5.08. The average Bonchev–Trinajstić information content (AvgIpc) is 2.93. The molecule has 0 radical (unpaired) electrons. The minimum atomic E-state index is 0.647. The number of nitrogens with zero attached hydrogens (tertiary/aromatic N) is 5. The van der Waals surface area contributed by atoms with Crippen LogP contribution in [0.2, 0.25) is 0 Å². The Hall–Kier alpha value is -2.37. The van der Waals surface area contributed by atoms with E-state index < -0.39 is 0 Å². The summed E-state index contributed by atoms with van der Waals surface area (Å²) in [4.78, 5) is 6.47. The lowest BCUT2D eigenvalue weighted by Crippen LogP contribution is -2.18. The fourth-order valence-corrected chi connectivity index (χ4v) is 2.13. The highest BCUT2D eigenvalue weighted by molar-refractivity contribution is 5.68. The summed E-state index contributed by atoms with van der Waals surface area (Å²) in [7, 11) is 1.98. The van der Waals surface area contributed by atoms with Gasteiger partial charge >= 0.3 is 0 Å². The molecule has 0 amide bonds. The normalized spacial score (nSPS) is 11.1. The second-order valence-electron chi connectivity index (χ2n) is 4.65. The van der Waals surface area contributed by atoms with E-state index in [-0.39, 0.29) is 0 Å². The van der Waals surface area contributed by atoms with Gasteiger partial charge in [0.2, 0.25) is 0 Å². The molecule has 0 saturated carbocycles. The molecule has 0 aliphatic carbocycles. The number of aryl methyl sites for hydroxylation is 2. The third-order valence-electron chi connectivity index (χ3n) is 2.93. The highest BCUT2D eigenvalue weighted by atomic mass is 16.5. The zero-order chi connectivity index (χ0) is 13.4. The van der Waals surface area contributed by atoms with Crippen molar-refractivity contribution in [3.05, 3.63) is 41.7 Å². The number of hydrogen-bond acceptors (Lipinski definition) is 5. The molecule has 0 saturated heterocycles. The highest BCUT2D eigenvalue weighted by Gasteiger charge is 2.12. The largest absolute Gasteiger partial charge is 0.361 e. The molecule has 6 nitrogen and oxygen atoms in total. The zero-order valence-corrected chi connectivity index (χ0v) is 11.2. The maximum Gasteiger partial charge on any atom is 0.154 e. The number of fused-ring (bicyclic) bond motifs is 1. The Morgan fingerprint density at radius 2 is 2.16 bits per heavy atom. The molecule has 0 unspecified atom stereocenters. The number of hydrogen-bond donors (Lipinski definition) is 0. The lowest BCUT2D eigenvalue weighted by atomic mass is 10.3. The van der Waals surface area contributed by atoms with Crippen molar-refractivity contribution in [1.82, 2.24) is 19.8 Å². The fourth-order valence-electron chi connectivity index (χ4n) is 2.13. The Labute approximate surface area is 110 Å². The van der Waals surface area contributed by atoms with Crippen molar-refractivity contribution in [3.63, 3.8) is 0 Å². The monoisotopic (exact) mass is 257 g/mol. The Bertz CT molecular complexity index is 715. The second kappa shape index (κ2) is 4.38. The van der Waals surface area contributed by atoms with Crippen molar-refractivity contribution < 1.29 is 4.52 Å². The summed E-state index contributed by atoms with van der Waals surface area (Å²) < 4.78 is 6.91. The minimum absolute atomic E-state index is 0.647. The van der Waals surface area contributed by atoms with Crippen LogP contribution in [-0.4, -0.2) is 26.8 Å². The van der Waals surface area contributed by atoms with Gasteiger partial charge in [0, 0.05) is 25.5 Å². The molecular weight excluding hydrogens is 242 g/mol. The van der Waals surface area contributed by atoms with Crippen LogP contribution in [0.3, 0.4) is 0 Å². The van der Waals surface area contributed by atoms with Crippen LogP contribution in [0.25, 0.3) is 5.52 Å². The van der Waals surface area contributed by atoms with Crippen molar-refractivity contribution in [3.8, 4) is 0 Å². The summed E-state index contributed by atoms with van der Waals surface area (Å²) in [6.45, 7) is 4.50. The molecule has 3 rings (SSSR count). The van der Waals surface area contributed by atoms with Gasteiger partial charge < -0.3 is 9.42 Å². The lowest BCUT2D eigenvalue weighted by molar-refractivity contribution is 0.390.